The second kappa shape index (κ2) is 9.21. The van der Waals surface area contributed by atoms with Crippen molar-refractivity contribution < 1.29 is 9.53 Å². The number of fused-ring (bicyclic) bond motifs is 1. The van der Waals surface area contributed by atoms with E-state index in [1.807, 2.05) is 30.3 Å². The monoisotopic (exact) mass is 308 g/mol. The zero-order valence-corrected chi connectivity index (χ0v) is 12.7. The van der Waals surface area contributed by atoms with E-state index in [-0.39, 0.29) is 18.3 Å². The number of benzene rings is 2. The van der Waals surface area contributed by atoms with Crippen LogP contribution in [0.25, 0.3) is 10.8 Å². The summed E-state index contributed by atoms with van der Waals surface area (Å²) in [5, 5.41) is 5.00. The summed E-state index contributed by atoms with van der Waals surface area (Å²) in [6, 6.07) is 14.1. The number of nitrogens with two attached hydrogens (primary N) is 1. The largest absolute Gasteiger partial charge is 0.493 e. The van der Waals surface area contributed by atoms with Crippen LogP contribution < -0.4 is 15.8 Å². The minimum Gasteiger partial charge on any atom is -0.493 e. The maximum absolute atomic E-state index is 11.4. The first-order valence-electron chi connectivity index (χ1n) is 6.88. The van der Waals surface area contributed by atoms with Crippen molar-refractivity contribution in [3.05, 3.63) is 42.5 Å². The molecule has 0 aliphatic rings. The summed E-state index contributed by atoms with van der Waals surface area (Å²) in [5.74, 6) is 0.891. The predicted octanol–water partition coefficient (Wildman–Crippen LogP) is 2.50. The summed E-state index contributed by atoms with van der Waals surface area (Å²) in [4.78, 5) is 11.4. The summed E-state index contributed by atoms with van der Waals surface area (Å²) in [6.45, 7) is 1.53. The Morgan fingerprint density at radius 2 is 1.90 bits per heavy atom. The summed E-state index contributed by atoms with van der Waals surface area (Å²) in [5.41, 5.74) is 5.32. The molecular weight excluding hydrogens is 288 g/mol. The van der Waals surface area contributed by atoms with E-state index in [9.17, 15) is 4.79 Å². The van der Waals surface area contributed by atoms with Gasteiger partial charge in [0.25, 0.3) is 0 Å². The number of hydrogen-bond acceptors (Lipinski definition) is 3. The topological polar surface area (TPSA) is 64.3 Å². The van der Waals surface area contributed by atoms with E-state index >= 15 is 0 Å². The molecule has 0 fully saturated rings. The van der Waals surface area contributed by atoms with Gasteiger partial charge in [0.05, 0.1) is 6.61 Å². The normalized spacial score (nSPS) is 9.95. The van der Waals surface area contributed by atoms with Crippen molar-refractivity contribution in [2.75, 3.05) is 19.7 Å². The summed E-state index contributed by atoms with van der Waals surface area (Å²) in [6.07, 6.45) is 1.16. The van der Waals surface area contributed by atoms with E-state index in [1.165, 1.54) is 0 Å². The fraction of sp³-hybridized carbons (Fsp3) is 0.312. The second-order valence-corrected chi connectivity index (χ2v) is 4.57. The molecule has 0 heterocycles. The van der Waals surface area contributed by atoms with Crippen molar-refractivity contribution in [3.63, 3.8) is 0 Å². The molecule has 2 aromatic carbocycles. The Labute approximate surface area is 131 Å². The van der Waals surface area contributed by atoms with Crippen molar-refractivity contribution in [1.82, 2.24) is 5.32 Å². The highest BCUT2D eigenvalue weighted by Crippen LogP contribution is 2.25. The van der Waals surface area contributed by atoms with Gasteiger partial charge in [-0.15, -0.1) is 12.4 Å². The molecule has 0 atom stereocenters. The van der Waals surface area contributed by atoms with Crippen molar-refractivity contribution in [2.24, 2.45) is 5.73 Å². The molecule has 0 unspecified atom stereocenters. The molecule has 2 rings (SSSR count). The third-order valence-electron chi connectivity index (χ3n) is 3.02. The Morgan fingerprint density at radius 3 is 2.71 bits per heavy atom. The number of rotatable bonds is 7. The first-order valence-corrected chi connectivity index (χ1v) is 6.88. The summed E-state index contributed by atoms with van der Waals surface area (Å²) < 4.78 is 5.77. The van der Waals surface area contributed by atoms with E-state index in [2.05, 4.69) is 17.4 Å². The maximum Gasteiger partial charge on any atom is 0.220 e. The van der Waals surface area contributed by atoms with Gasteiger partial charge in [0, 0.05) is 24.9 Å². The maximum atomic E-state index is 11.4. The van der Waals surface area contributed by atoms with Crippen molar-refractivity contribution >= 4 is 29.1 Å². The molecule has 0 spiro atoms. The van der Waals surface area contributed by atoms with E-state index in [0.29, 0.717) is 32.5 Å². The molecule has 3 N–H and O–H groups in total. The molecule has 5 heteroatoms. The van der Waals surface area contributed by atoms with Gasteiger partial charge in [0.15, 0.2) is 0 Å². The molecular formula is C16H21ClN2O2. The molecule has 21 heavy (non-hydrogen) atoms. The van der Waals surface area contributed by atoms with Crippen LogP contribution in [-0.4, -0.2) is 25.6 Å². The molecule has 2 aromatic rings. The molecule has 4 nitrogen and oxygen atoms in total. The van der Waals surface area contributed by atoms with Gasteiger partial charge >= 0.3 is 0 Å². The van der Waals surface area contributed by atoms with Gasteiger partial charge in [-0.25, -0.2) is 0 Å². The Hall–Kier alpha value is -1.78. The highest BCUT2D eigenvalue weighted by Gasteiger charge is 2.03. The summed E-state index contributed by atoms with van der Waals surface area (Å²) in [7, 11) is 0. The summed E-state index contributed by atoms with van der Waals surface area (Å²) >= 11 is 0. The minimum absolute atomic E-state index is 0. The number of halogens is 1. The van der Waals surface area contributed by atoms with Crippen LogP contribution in [0.2, 0.25) is 0 Å². The number of ether oxygens (including phenoxy) is 1. The van der Waals surface area contributed by atoms with Crippen LogP contribution in [0.4, 0.5) is 0 Å². The van der Waals surface area contributed by atoms with Crippen molar-refractivity contribution in [2.45, 2.75) is 12.8 Å². The number of nitrogens with one attached hydrogen (secondary N) is 1. The third kappa shape index (κ3) is 5.25. The van der Waals surface area contributed by atoms with Gasteiger partial charge in [0.1, 0.15) is 5.75 Å². The van der Waals surface area contributed by atoms with Gasteiger partial charge in [-0.1, -0.05) is 36.4 Å². The fourth-order valence-electron chi connectivity index (χ4n) is 2.04. The Kier molecular flexibility index (Phi) is 7.58. The predicted molar refractivity (Wildman–Crippen MR) is 88.0 cm³/mol. The average molecular weight is 309 g/mol. The van der Waals surface area contributed by atoms with Crippen molar-refractivity contribution in [3.8, 4) is 5.75 Å². The fourth-order valence-corrected chi connectivity index (χ4v) is 2.04. The van der Waals surface area contributed by atoms with Crippen LogP contribution >= 0.6 is 12.4 Å². The van der Waals surface area contributed by atoms with Crippen LogP contribution in [0, 0.1) is 0 Å². The molecule has 0 bridgehead atoms. The molecule has 0 radical (unpaired) electrons. The SMILES string of the molecule is Cl.NCCNC(=O)CCCOc1cccc2ccccc12. The molecule has 1 amide bonds. The lowest BCUT2D eigenvalue weighted by molar-refractivity contribution is -0.121. The first-order chi connectivity index (χ1) is 9.81. The van der Waals surface area contributed by atoms with E-state index in [4.69, 9.17) is 10.5 Å². The van der Waals surface area contributed by atoms with Crippen LogP contribution in [0.3, 0.4) is 0 Å². The van der Waals surface area contributed by atoms with Crippen LogP contribution in [0.5, 0.6) is 5.75 Å². The van der Waals surface area contributed by atoms with Gasteiger partial charge < -0.3 is 15.8 Å². The van der Waals surface area contributed by atoms with Gasteiger partial charge in [-0.2, -0.15) is 0 Å². The second-order valence-electron chi connectivity index (χ2n) is 4.57. The Morgan fingerprint density at radius 1 is 1.14 bits per heavy atom. The van der Waals surface area contributed by atoms with E-state index in [1.54, 1.807) is 0 Å². The van der Waals surface area contributed by atoms with E-state index in [0.717, 1.165) is 16.5 Å². The molecule has 0 aromatic heterocycles. The average Bonchev–Trinajstić information content (AvgIpc) is 2.49. The first kappa shape index (κ1) is 17.3. The van der Waals surface area contributed by atoms with E-state index < -0.39 is 0 Å². The molecule has 0 saturated carbocycles. The highest BCUT2D eigenvalue weighted by molar-refractivity contribution is 5.88. The lowest BCUT2D eigenvalue weighted by Crippen LogP contribution is -2.29. The number of hydrogen-bond donors (Lipinski definition) is 2. The zero-order valence-electron chi connectivity index (χ0n) is 11.9. The van der Waals surface area contributed by atoms with Crippen molar-refractivity contribution in [1.29, 1.82) is 0 Å². The number of amides is 1. The van der Waals surface area contributed by atoms with Crippen LogP contribution in [-0.2, 0) is 4.79 Å². The number of carbonyl (C=O) groups excluding carboxylic acids is 1. The smallest absolute Gasteiger partial charge is 0.220 e. The lowest BCUT2D eigenvalue weighted by atomic mass is 10.1. The Balaban J connectivity index is 0.00000220. The highest BCUT2D eigenvalue weighted by atomic mass is 35.5. The lowest BCUT2D eigenvalue weighted by Gasteiger charge is -2.09. The van der Waals surface area contributed by atoms with Gasteiger partial charge in [-0.05, 0) is 17.9 Å². The minimum atomic E-state index is 0. The molecule has 0 aliphatic heterocycles. The molecule has 0 aliphatic carbocycles. The zero-order chi connectivity index (χ0) is 14.2. The standard InChI is InChI=1S/C16H20N2O2.ClH/c17-10-11-18-16(19)9-4-12-20-15-8-3-6-13-5-1-2-7-14(13)15;/h1-3,5-8H,4,9-12,17H2,(H,18,19);1H. The quantitative estimate of drug-likeness (QED) is 0.772. The third-order valence-corrected chi connectivity index (χ3v) is 3.02. The number of carbonyl (C=O) groups is 1. The van der Waals surface area contributed by atoms with Crippen LogP contribution in [0.1, 0.15) is 12.8 Å². The Bertz CT molecular complexity index is 570. The van der Waals surface area contributed by atoms with Gasteiger partial charge in [-0.3, -0.25) is 4.79 Å². The van der Waals surface area contributed by atoms with Gasteiger partial charge in [0.2, 0.25) is 5.91 Å². The molecule has 0 saturated heterocycles. The van der Waals surface area contributed by atoms with Crippen LogP contribution in [0.15, 0.2) is 42.5 Å². The molecule has 114 valence electrons.